The van der Waals surface area contributed by atoms with Crippen molar-refractivity contribution in [3.05, 3.63) is 59.7 Å². The third-order valence-electron chi connectivity index (χ3n) is 4.97. The Morgan fingerprint density at radius 1 is 1.11 bits per heavy atom. The van der Waals surface area contributed by atoms with Crippen LogP contribution in [0.1, 0.15) is 30.2 Å². The van der Waals surface area contributed by atoms with Crippen LogP contribution in [0, 0.1) is 17.6 Å². The molecule has 2 fully saturated rings. The molecule has 2 aromatic carbocycles. The molecule has 7 heteroatoms. The molecule has 140 valence electrons. The zero-order chi connectivity index (χ0) is 19.0. The SMILES string of the molecule is O=C(Nc1ccc(C2SCC(=O)N2c2cc(F)ccc2F)cc1)C1CCC1. The van der Waals surface area contributed by atoms with Crippen molar-refractivity contribution in [2.24, 2.45) is 5.92 Å². The normalized spacial score (nSPS) is 19.9. The van der Waals surface area contributed by atoms with Gasteiger partial charge in [-0.15, -0.1) is 11.8 Å². The lowest BCUT2D eigenvalue weighted by Gasteiger charge is -2.25. The molecular weight excluding hydrogens is 370 g/mol. The highest BCUT2D eigenvalue weighted by molar-refractivity contribution is 8.00. The Hall–Kier alpha value is -2.41. The fourth-order valence-electron chi connectivity index (χ4n) is 3.25. The molecule has 1 saturated heterocycles. The second-order valence-electron chi connectivity index (χ2n) is 6.76. The fraction of sp³-hybridized carbons (Fsp3) is 0.300. The number of carbonyl (C=O) groups is 2. The van der Waals surface area contributed by atoms with Crippen LogP contribution >= 0.6 is 11.8 Å². The number of halogens is 2. The van der Waals surface area contributed by atoms with E-state index in [0.29, 0.717) is 5.69 Å². The highest BCUT2D eigenvalue weighted by Gasteiger charge is 2.35. The molecule has 1 N–H and O–H groups in total. The Morgan fingerprint density at radius 3 is 2.52 bits per heavy atom. The van der Waals surface area contributed by atoms with Crippen molar-refractivity contribution in [3.8, 4) is 0 Å². The van der Waals surface area contributed by atoms with Crippen LogP contribution in [0.15, 0.2) is 42.5 Å². The third-order valence-corrected chi connectivity index (χ3v) is 6.19. The van der Waals surface area contributed by atoms with Gasteiger partial charge in [0, 0.05) is 17.7 Å². The van der Waals surface area contributed by atoms with E-state index in [4.69, 9.17) is 0 Å². The molecule has 27 heavy (non-hydrogen) atoms. The van der Waals surface area contributed by atoms with E-state index in [1.54, 1.807) is 24.3 Å². The average Bonchev–Trinajstić information content (AvgIpc) is 2.97. The van der Waals surface area contributed by atoms with E-state index in [1.807, 2.05) is 0 Å². The zero-order valence-corrected chi connectivity index (χ0v) is 15.3. The second-order valence-corrected chi connectivity index (χ2v) is 7.83. The van der Waals surface area contributed by atoms with Crippen molar-refractivity contribution in [2.45, 2.75) is 24.6 Å². The molecule has 2 aromatic rings. The van der Waals surface area contributed by atoms with E-state index >= 15 is 0 Å². The molecule has 0 radical (unpaired) electrons. The van der Waals surface area contributed by atoms with Gasteiger partial charge >= 0.3 is 0 Å². The van der Waals surface area contributed by atoms with Gasteiger partial charge in [0.15, 0.2) is 0 Å². The van der Waals surface area contributed by atoms with E-state index in [-0.39, 0.29) is 29.2 Å². The highest BCUT2D eigenvalue weighted by Crippen LogP contribution is 2.43. The summed E-state index contributed by atoms with van der Waals surface area (Å²) < 4.78 is 27.8. The predicted molar refractivity (Wildman–Crippen MR) is 101 cm³/mol. The number of carbonyl (C=O) groups excluding carboxylic acids is 2. The summed E-state index contributed by atoms with van der Waals surface area (Å²) in [6.45, 7) is 0. The third kappa shape index (κ3) is 3.56. The second kappa shape index (κ2) is 7.31. The topological polar surface area (TPSA) is 49.4 Å². The van der Waals surface area contributed by atoms with Crippen molar-refractivity contribution >= 4 is 35.0 Å². The lowest BCUT2D eigenvalue weighted by Crippen LogP contribution is -2.29. The molecular formula is C20H18F2N2O2S. The van der Waals surface area contributed by atoms with E-state index in [9.17, 15) is 18.4 Å². The smallest absolute Gasteiger partial charge is 0.238 e. The lowest BCUT2D eigenvalue weighted by molar-refractivity contribution is -0.122. The van der Waals surface area contributed by atoms with Gasteiger partial charge in [0.25, 0.3) is 0 Å². The molecule has 4 rings (SSSR count). The Labute approximate surface area is 159 Å². The van der Waals surface area contributed by atoms with Gasteiger partial charge in [-0.2, -0.15) is 0 Å². The van der Waals surface area contributed by atoms with E-state index in [2.05, 4.69) is 5.32 Å². The van der Waals surface area contributed by atoms with Gasteiger partial charge in [-0.25, -0.2) is 8.78 Å². The summed E-state index contributed by atoms with van der Waals surface area (Å²) in [6, 6.07) is 10.2. The van der Waals surface area contributed by atoms with Crippen molar-refractivity contribution in [1.29, 1.82) is 0 Å². The molecule has 2 aliphatic rings. The minimum atomic E-state index is -0.637. The number of nitrogens with zero attached hydrogens (tertiary/aromatic N) is 1. The van der Waals surface area contributed by atoms with Crippen LogP contribution in [0.5, 0.6) is 0 Å². The number of hydrogen-bond donors (Lipinski definition) is 1. The van der Waals surface area contributed by atoms with Gasteiger partial charge in [-0.1, -0.05) is 18.6 Å². The van der Waals surface area contributed by atoms with Crippen molar-refractivity contribution in [3.63, 3.8) is 0 Å². The molecule has 1 saturated carbocycles. The zero-order valence-electron chi connectivity index (χ0n) is 14.5. The van der Waals surface area contributed by atoms with Crippen LogP contribution in [-0.2, 0) is 9.59 Å². The molecule has 4 nitrogen and oxygen atoms in total. The van der Waals surface area contributed by atoms with Crippen LogP contribution in [0.25, 0.3) is 0 Å². The first-order chi connectivity index (χ1) is 13.0. The average molecular weight is 388 g/mol. The fourth-order valence-corrected chi connectivity index (χ4v) is 4.42. The molecule has 1 aliphatic heterocycles. The Morgan fingerprint density at radius 2 is 1.85 bits per heavy atom. The molecule has 0 aromatic heterocycles. The molecule has 1 heterocycles. The molecule has 0 spiro atoms. The van der Waals surface area contributed by atoms with Gasteiger partial charge in [-0.05, 0) is 42.7 Å². The van der Waals surface area contributed by atoms with Crippen LogP contribution in [-0.4, -0.2) is 17.6 Å². The van der Waals surface area contributed by atoms with E-state index < -0.39 is 17.0 Å². The first-order valence-electron chi connectivity index (χ1n) is 8.82. The van der Waals surface area contributed by atoms with Gasteiger partial charge in [0.05, 0.1) is 11.4 Å². The van der Waals surface area contributed by atoms with Gasteiger partial charge < -0.3 is 5.32 Å². The maximum Gasteiger partial charge on any atom is 0.238 e. The summed E-state index contributed by atoms with van der Waals surface area (Å²) in [6.07, 6.45) is 2.95. The molecule has 1 unspecified atom stereocenters. The Bertz CT molecular complexity index is 884. The Kier molecular flexibility index (Phi) is 4.86. The van der Waals surface area contributed by atoms with Gasteiger partial charge in [0.1, 0.15) is 17.0 Å². The maximum absolute atomic E-state index is 14.2. The largest absolute Gasteiger partial charge is 0.326 e. The number of amides is 2. The van der Waals surface area contributed by atoms with Gasteiger partial charge in [0.2, 0.25) is 11.8 Å². The van der Waals surface area contributed by atoms with Crippen LogP contribution in [0.2, 0.25) is 0 Å². The lowest BCUT2D eigenvalue weighted by atomic mass is 9.85. The molecule has 1 aliphatic carbocycles. The number of thioether (sulfide) groups is 1. The number of benzene rings is 2. The summed E-state index contributed by atoms with van der Waals surface area (Å²) in [4.78, 5) is 25.6. The summed E-state index contributed by atoms with van der Waals surface area (Å²) >= 11 is 1.36. The van der Waals surface area contributed by atoms with Crippen LogP contribution < -0.4 is 10.2 Å². The van der Waals surface area contributed by atoms with E-state index in [1.165, 1.54) is 16.7 Å². The van der Waals surface area contributed by atoms with Crippen LogP contribution in [0.3, 0.4) is 0 Å². The highest BCUT2D eigenvalue weighted by atomic mass is 32.2. The molecule has 1 atom stereocenters. The number of hydrogen-bond acceptors (Lipinski definition) is 3. The first-order valence-corrected chi connectivity index (χ1v) is 9.87. The minimum Gasteiger partial charge on any atom is -0.326 e. The van der Waals surface area contributed by atoms with Gasteiger partial charge in [-0.3, -0.25) is 14.5 Å². The summed E-state index contributed by atoms with van der Waals surface area (Å²) in [5.74, 6) is -1.18. The summed E-state index contributed by atoms with van der Waals surface area (Å²) in [7, 11) is 0. The summed E-state index contributed by atoms with van der Waals surface area (Å²) in [5, 5.41) is 2.45. The first kappa shape index (κ1) is 18.0. The van der Waals surface area contributed by atoms with Crippen molar-refractivity contribution in [1.82, 2.24) is 0 Å². The predicted octanol–water partition coefficient (Wildman–Crippen LogP) is 4.48. The summed E-state index contributed by atoms with van der Waals surface area (Å²) in [5.41, 5.74) is 1.42. The monoisotopic (exact) mass is 388 g/mol. The molecule has 0 bridgehead atoms. The molecule has 2 amide bonds. The van der Waals surface area contributed by atoms with E-state index in [0.717, 1.165) is 43.0 Å². The minimum absolute atomic E-state index is 0.0304. The Balaban J connectivity index is 1.55. The van der Waals surface area contributed by atoms with Crippen LogP contribution in [0.4, 0.5) is 20.2 Å². The number of anilines is 2. The quantitative estimate of drug-likeness (QED) is 0.840. The maximum atomic E-state index is 14.2. The number of nitrogens with one attached hydrogen (secondary N) is 1. The van der Waals surface area contributed by atoms with Crippen molar-refractivity contribution < 1.29 is 18.4 Å². The standard InChI is InChI=1S/C20H18F2N2O2S/c21-14-6-9-16(22)17(10-14)24-18(25)11-27-20(24)13-4-7-15(8-5-13)23-19(26)12-2-1-3-12/h4-10,12,20H,1-3,11H2,(H,23,26). The van der Waals surface area contributed by atoms with Crippen molar-refractivity contribution in [2.75, 3.05) is 16.0 Å². The number of rotatable bonds is 4.